The summed E-state index contributed by atoms with van der Waals surface area (Å²) in [7, 11) is 3.52. The molecule has 0 amide bonds. The fourth-order valence-electron chi connectivity index (χ4n) is 0.527. The molecule has 0 aromatic heterocycles. The van der Waals surface area contributed by atoms with Gasteiger partial charge in [-0.1, -0.05) is 33.8 Å². The summed E-state index contributed by atoms with van der Waals surface area (Å²) >= 11 is 0. The van der Waals surface area contributed by atoms with Crippen LogP contribution in [0.5, 0.6) is 0 Å². The summed E-state index contributed by atoms with van der Waals surface area (Å²) in [6.07, 6.45) is 3.85. The highest BCUT2D eigenvalue weighted by Gasteiger charge is 1.82. The highest BCUT2D eigenvalue weighted by molar-refractivity contribution is 5.77. The molecule has 0 aliphatic heterocycles. The van der Waals surface area contributed by atoms with Crippen LogP contribution in [0.15, 0.2) is 16.6 Å². The molecule has 3 heteroatoms. The van der Waals surface area contributed by atoms with Crippen molar-refractivity contribution in [3.8, 4) is 0 Å². The van der Waals surface area contributed by atoms with Gasteiger partial charge in [0.2, 0.25) is 0 Å². The number of aliphatic imine (C=N–C) groups is 1. The lowest BCUT2D eigenvalue weighted by Gasteiger charge is -1.85. The van der Waals surface area contributed by atoms with Crippen molar-refractivity contribution in [3.05, 3.63) is 11.6 Å². The van der Waals surface area contributed by atoms with Crippen LogP contribution in [0, 0.1) is 0 Å². The predicted molar refractivity (Wildman–Crippen MR) is 81.2 cm³/mol. The van der Waals surface area contributed by atoms with Gasteiger partial charge < -0.3 is 5.32 Å². The normalized spacial score (nSPS) is 9.12. The zero-order valence-corrected chi connectivity index (χ0v) is 13.2. The van der Waals surface area contributed by atoms with Gasteiger partial charge in [-0.2, -0.15) is 0 Å². The number of nitrogens with one attached hydrogen (secondary N) is 1. The minimum atomic E-state index is 0.178. The van der Waals surface area contributed by atoms with E-state index in [2.05, 4.69) is 10.3 Å². The highest BCUT2D eigenvalue weighted by Crippen LogP contribution is 1.82. The van der Waals surface area contributed by atoms with Gasteiger partial charge in [-0.25, -0.2) is 0 Å². The topological polar surface area (TPSA) is 41.5 Å². The Morgan fingerprint density at radius 1 is 1.18 bits per heavy atom. The smallest absolute Gasteiger partial charge is 0.143 e. The van der Waals surface area contributed by atoms with Crippen molar-refractivity contribution >= 4 is 12.0 Å². The zero-order chi connectivity index (χ0) is 14.7. The first-order valence-corrected chi connectivity index (χ1v) is 6.27. The molecule has 1 N–H and O–H groups in total. The third kappa shape index (κ3) is 51.6. The molecule has 0 rings (SSSR count). The van der Waals surface area contributed by atoms with Gasteiger partial charge in [0, 0.05) is 13.3 Å². The van der Waals surface area contributed by atoms with Crippen LogP contribution in [0.3, 0.4) is 0 Å². The van der Waals surface area contributed by atoms with E-state index in [4.69, 9.17) is 0 Å². The highest BCUT2D eigenvalue weighted by atomic mass is 16.1. The lowest BCUT2D eigenvalue weighted by atomic mass is 10.3. The maximum Gasteiger partial charge on any atom is 0.143 e. The van der Waals surface area contributed by atoms with Crippen LogP contribution in [0.4, 0.5) is 0 Å². The molecule has 0 radical (unpaired) electrons. The summed E-state index contributed by atoms with van der Waals surface area (Å²) in [6.45, 7) is 14.1. The third-order valence-electron chi connectivity index (χ3n) is 1.21. The maximum absolute atomic E-state index is 9.98. The number of carbonyl (C=O) groups excluding carboxylic acids is 1. The van der Waals surface area contributed by atoms with E-state index in [-0.39, 0.29) is 5.78 Å². The van der Waals surface area contributed by atoms with Crippen molar-refractivity contribution in [1.29, 1.82) is 0 Å². The lowest BCUT2D eigenvalue weighted by molar-refractivity contribution is -0.116. The number of carbonyl (C=O) groups is 1. The monoisotopic (exact) mass is 244 g/mol. The second-order valence-electron chi connectivity index (χ2n) is 2.65. The van der Waals surface area contributed by atoms with E-state index in [9.17, 15) is 4.79 Å². The van der Waals surface area contributed by atoms with Gasteiger partial charge in [0.1, 0.15) is 5.78 Å². The summed E-state index contributed by atoms with van der Waals surface area (Å²) in [5, 5.41) is 2.72. The number of Topliss-reactive ketones (excluding diaryl/α,β-unsaturated/α-hetero) is 1. The average Bonchev–Trinajstić information content (AvgIpc) is 2.35. The predicted octanol–water partition coefficient (Wildman–Crippen LogP) is 3.50. The summed E-state index contributed by atoms with van der Waals surface area (Å²) < 4.78 is 0. The molecule has 0 saturated carbocycles. The number of nitrogens with zero attached hydrogens (tertiary/aromatic N) is 1. The molecule has 0 heterocycles. The Balaban J connectivity index is -0.0000000772. The molecule has 0 aromatic carbocycles. The average molecular weight is 244 g/mol. The molecule has 104 valence electrons. The van der Waals surface area contributed by atoms with Crippen molar-refractivity contribution in [2.75, 3.05) is 20.6 Å². The molecule has 0 saturated heterocycles. The molecular weight excluding hydrogens is 212 g/mol. The zero-order valence-electron chi connectivity index (χ0n) is 13.2. The number of ketones is 1. The summed E-state index contributed by atoms with van der Waals surface area (Å²) in [6, 6.07) is 0. The molecule has 0 unspecified atom stereocenters. The Bertz CT molecular complexity index is 185. The van der Waals surface area contributed by atoms with E-state index in [1.54, 1.807) is 21.0 Å². The quantitative estimate of drug-likeness (QED) is 0.772. The van der Waals surface area contributed by atoms with E-state index in [1.807, 2.05) is 53.8 Å². The molecular formula is C14H32N2O. The molecule has 0 aromatic rings. The van der Waals surface area contributed by atoms with Gasteiger partial charge >= 0.3 is 0 Å². The van der Waals surface area contributed by atoms with Gasteiger partial charge in [0.05, 0.1) is 6.54 Å². The molecule has 0 spiro atoms. The van der Waals surface area contributed by atoms with Gasteiger partial charge in [-0.3, -0.25) is 9.79 Å². The van der Waals surface area contributed by atoms with Crippen LogP contribution in [0.25, 0.3) is 0 Å². The molecule has 0 atom stereocenters. The number of hydrogen-bond acceptors (Lipinski definition) is 3. The lowest BCUT2D eigenvalue weighted by Crippen LogP contribution is -2.14. The summed E-state index contributed by atoms with van der Waals surface area (Å²) in [5.41, 5.74) is 1.21. The van der Waals surface area contributed by atoms with E-state index in [0.29, 0.717) is 6.54 Å². The Morgan fingerprint density at radius 3 is 1.65 bits per heavy atom. The number of rotatable bonds is 3. The van der Waals surface area contributed by atoms with Crippen LogP contribution in [-0.2, 0) is 4.79 Å². The minimum absolute atomic E-state index is 0.178. The van der Waals surface area contributed by atoms with E-state index in [1.165, 1.54) is 5.57 Å². The molecule has 0 fully saturated rings. The molecule has 0 aliphatic carbocycles. The van der Waals surface area contributed by atoms with E-state index in [0.717, 1.165) is 0 Å². The summed E-state index contributed by atoms with van der Waals surface area (Å²) in [4.78, 5) is 13.8. The SMILES string of the molecule is C/C=C(/C)C=NC.CC.CC.CNCC(C)=O. The van der Waals surface area contributed by atoms with Crippen molar-refractivity contribution in [3.63, 3.8) is 0 Å². The maximum atomic E-state index is 9.98. The van der Waals surface area contributed by atoms with Crippen LogP contribution in [0.1, 0.15) is 48.5 Å². The first-order valence-electron chi connectivity index (χ1n) is 6.27. The Labute approximate surface area is 108 Å². The second-order valence-corrected chi connectivity index (χ2v) is 2.65. The fourth-order valence-corrected chi connectivity index (χ4v) is 0.527. The first kappa shape index (κ1) is 25.0. The Kier molecular flexibility index (Phi) is 43.3. The van der Waals surface area contributed by atoms with Crippen LogP contribution in [-0.4, -0.2) is 32.6 Å². The number of allylic oxidation sites excluding steroid dienone is 2. The van der Waals surface area contributed by atoms with E-state index < -0.39 is 0 Å². The molecule has 0 bridgehead atoms. The molecule has 3 nitrogen and oxygen atoms in total. The van der Waals surface area contributed by atoms with Crippen LogP contribution < -0.4 is 5.32 Å². The third-order valence-corrected chi connectivity index (χ3v) is 1.21. The molecule has 17 heavy (non-hydrogen) atoms. The van der Waals surface area contributed by atoms with Gasteiger partial charge in [0.15, 0.2) is 0 Å². The fraction of sp³-hybridized carbons (Fsp3) is 0.714. The van der Waals surface area contributed by atoms with Crippen molar-refractivity contribution in [2.24, 2.45) is 4.99 Å². The summed E-state index contributed by atoms with van der Waals surface area (Å²) in [5.74, 6) is 0.178. The van der Waals surface area contributed by atoms with Crippen LogP contribution >= 0.6 is 0 Å². The number of likely N-dealkylation sites (N-methyl/N-ethyl adjacent to an activating group) is 1. The first-order chi connectivity index (χ1) is 8.08. The minimum Gasteiger partial charge on any atom is -0.313 e. The Hall–Kier alpha value is -0.960. The van der Waals surface area contributed by atoms with Crippen molar-refractivity contribution in [2.45, 2.75) is 48.5 Å². The van der Waals surface area contributed by atoms with Crippen molar-refractivity contribution in [1.82, 2.24) is 5.32 Å². The largest absolute Gasteiger partial charge is 0.313 e. The van der Waals surface area contributed by atoms with Crippen LogP contribution in [0.2, 0.25) is 0 Å². The number of hydrogen-bond donors (Lipinski definition) is 1. The standard InChI is InChI=1S/C6H11N.C4H9NO.2C2H6/c1-4-6(2)5-7-3;1-4(6)3-5-2;2*1-2/h4-5H,1-3H3;5H,3H2,1-2H3;2*1-2H3/b6-4-,7-5?;;;. The van der Waals surface area contributed by atoms with Gasteiger partial charge in [0.25, 0.3) is 0 Å². The van der Waals surface area contributed by atoms with Gasteiger partial charge in [-0.05, 0) is 33.4 Å². The second kappa shape index (κ2) is 29.4. The van der Waals surface area contributed by atoms with Crippen molar-refractivity contribution < 1.29 is 4.79 Å². The van der Waals surface area contributed by atoms with Gasteiger partial charge in [-0.15, -0.1) is 0 Å². The molecule has 0 aliphatic rings. The van der Waals surface area contributed by atoms with E-state index >= 15 is 0 Å². The Morgan fingerprint density at radius 2 is 1.59 bits per heavy atom.